The van der Waals surface area contributed by atoms with E-state index in [1.54, 1.807) is 0 Å². The molecule has 0 bridgehead atoms. The topological polar surface area (TPSA) is 58.5 Å². The Labute approximate surface area is 79.8 Å². The minimum Gasteiger partial charge on any atom is -0.311 e. The standard InChI is InChI=1S/C6H9BrN2O2S/c1-2-8-4-6-9-3-5(7)12(6,10)11/h3,8H,2,4H2,1H3. The number of sulfone groups is 1. The highest BCUT2D eigenvalue weighted by Gasteiger charge is 2.26. The highest BCUT2D eigenvalue weighted by Crippen LogP contribution is 2.21. The van der Waals surface area contributed by atoms with Gasteiger partial charge in [-0.3, -0.25) is 0 Å². The molecule has 0 unspecified atom stereocenters. The molecule has 4 nitrogen and oxygen atoms in total. The molecule has 68 valence electrons. The van der Waals surface area contributed by atoms with Crippen LogP contribution in [0.1, 0.15) is 6.92 Å². The molecule has 0 radical (unpaired) electrons. The lowest BCUT2D eigenvalue weighted by atomic mass is 10.6. The summed E-state index contributed by atoms with van der Waals surface area (Å²) in [7, 11) is -3.27. The fraction of sp³-hybridized carbons (Fsp3) is 0.500. The zero-order valence-corrected chi connectivity index (χ0v) is 8.94. The normalized spacial score (nSPS) is 20.5. The molecule has 6 heteroatoms. The van der Waals surface area contributed by atoms with Gasteiger partial charge in [-0.2, -0.15) is 0 Å². The lowest BCUT2D eigenvalue weighted by Gasteiger charge is -2.00. The monoisotopic (exact) mass is 252 g/mol. The van der Waals surface area contributed by atoms with Gasteiger partial charge < -0.3 is 5.32 Å². The molecule has 0 aromatic carbocycles. The molecule has 1 aliphatic rings. The van der Waals surface area contributed by atoms with E-state index in [1.807, 2.05) is 6.92 Å². The van der Waals surface area contributed by atoms with Gasteiger partial charge in [0, 0.05) is 6.54 Å². The lowest BCUT2D eigenvalue weighted by molar-refractivity contribution is 0.614. The highest BCUT2D eigenvalue weighted by atomic mass is 79.9. The van der Waals surface area contributed by atoms with Crippen LogP contribution in [0.5, 0.6) is 0 Å². The zero-order valence-electron chi connectivity index (χ0n) is 6.54. The Morgan fingerprint density at radius 1 is 1.67 bits per heavy atom. The van der Waals surface area contributed by atoms with Crippen LogP contribution in [-0.2, 0) is 9.84 Å². The van der Waals surface area contributed by atoms with Gasteiger partial charge in [0.25, 0.3) is 0 Å². The van der Waals surface area contributed by atoms with Crippen LogP contribution < -0.4 is 5.32 Å². The number of aliphatic imine (C=N–C) groups is 1. The van der Waals surface area contributed by atoms with Gasteiger partial charge in [-0.1, -0.05) is 6.92 Å². The summed E-state index contributed by atoms with van der Waals surface area (Å²) in [5, 5.41) is 3.08. The molecule has 0 aliphatic carbocycles. The Balaban J connectivity index is 2.74. The van der Waals surface area contributed by atoms with E-state index in [1.165, 1.54) is 6.20 Å². The Hall–Kier alpha value is -0.200. The predicted molar refractivity (Wildman–Crippen MR) is 51.9 cm³/mol. The second-order valence-electron chi connectivity index (χ2n) is 2.24. The molecule has 0 saturated heterocycles. The molecule has 1 rings (SSSR count). The maximum absolute atomic E-state index is 11.3. The summed E-state index contributed by atoms with van der Waals surface area (Å²) in [4.78, 5) is 3.76. The van der Waals surface area contributed by atoms with E-state index in [0.29, 0.717) is 6.54 Å². The first kappa shape index (κ1) is 9.88. The molecule has 0 amide bonds. The zero-order chi connectivity index (χ0) is 9.19. The fourth-order valence-corrected chi connectivity index (χ4v) is 2.31. The van der Waals surface area contributed by atoms with Crippen molar-refractivity contribution in [2.45, 2.75) is 6.92 Å². The molecule has 0 aromatic rings. The summed E-state index contributed by atoms with van der Waals surface area (Å²) in [5.74, 6) is 0. The summed E-state index contributed by atoms with van der Waals surface area (Å²) in [6.07, 6.45) is 1.31. The van der Waals surface area contributed by atoms with Gasteiger partial charge in [-0.25, -0.2) is 13.4 Å². The van der Waals surface area contributed by atoms with Crippen LogP contribution in [0.3, 0.4) is 0 Å². The van der Waals surface area contributed by atoms with Crippen LogP contribution in [0.25, 0.3) is 0 Å². The molecule has 12 heavy (non-hydrogen) atoms. The number of nitrogens with zero attached hydrogens (tertiary/aromatic N) is 1. The Morgan fingerprint density at radius 3 is 2.75 bits per heavy atom. The number of hydrogen-bond donors (Lipinski definition) is 1. The van der Waals surface area contributed by atoms with Crippen molar-refractivity contribution in [1.29, 1.82) is 0 Å². The van der Waals surface area contributed by atoms with E-state index in [2.05, 4.69) is 26.2 Å². The molecular formula is C6H9BrN2O2S. The fourth-order valence-electron chi connectivity index (χ4n) is 0.747. The quantitative estimate of drug-likeness (QED) is 0.802. The third-order valence-electron chi connectivity index (χ3n) is 1.40. The van der Waals surface area contributed by atoms with Gasteiger partial charge in [-0.15, -0.1) is 0 Å². The largest absolute Gasteiger partial charge is 0.311 e. The third kappa shape index (κ3) is 1.75. The first-order valence-electron chi connectivity index (χ1n) is 3.47. The molecule has 0 saturated carbocycles. The summed E-state index contributed by atoms with van der Waals surface area (Å²) >= 11 is 2.92. The van der Waals surface area contributed by atoms with Crippen LogP contribution in [0, 0.1) is 0 Å². The van der Waals surface area contributed by atoms with Crippen LogP contribution in [0.4, 0.5) is 0 Å². The number of rotatable bonds is 3. The van der Waals surface area contributed by atoms with Gasteiger partial charge in [0.2, 0.25) is 9.84 Å². The van der Waals surface area contributed by atoms with E-state index in [-0.39, 0.29) is 8.86 Å². The molecule has 1 heterocycles. The van der Waals surface area contributed by atoms with Crippen molar-refractivity contribution in [3.63, 3.8) is 0 Å². The molecular weight excluding hydrogens is 244 g/mol. The van der Waals surface area contributed by atoms with Gasteiger partial charge in [0.05, 0.1) is 6.20 Å². The van der Waals surface area contributed by atoms with E-state index < -0.39 is 9.84 Å². The third-order valence-corrected chi connectivity index (χ3v) is 4.38. The van der Waals surface area contributed by atoms with Crippen LogP contribution in [-0.4, -0.2) is 26.6 Å². The number of halogens is 1. The van der Waals surface area contributed by atoms with Crippen molar-refractivity contribution in [1.82, 2.24) is 5.32 Å². The van der Waals surface area contributed by atoms with Crippen molar-refractivity contribution in [3.8, 4) is 0 Å². The van der Waals surface area contributed by atoms with Crippen molar-refractivity contribution in [2.75, 3.05) is 13.1 Å². The van der Waals surface area contributed by atoms with Crippen molar-refractivity contribution < 1.29 is 8.42 Å². The van der Waals surface area contributed by atoms with E-state index in [4.69, 9.17) is 0 Å². The van der Waals surface area contributed by atoms with Crippen molar-refractivity contribution in [2.24, 2.45) is 4.99 Å². The van der Waals surface area contributed by atoms with Gasteiger partial charge in [-0.05, 0) is 22.5 Å². The van der Waals surface area contributed by atoms with Crippen LogP contribution in [0.2, 0.25) is 0 Å². The van der Waals surface area contributed by atoms with Gasteiger partial charge in [0.15, 0.2) is 5.04 Å². The molecule has 0 aromatic heterocycles. The summed E-state index contributed by atoms with van der Waals surface area (Å²) < 4.78 is 22.8. The maximum Gasteiger partial charge on any atom is 0.229 e. The van der Waals surface area contributed by atoms with Crippen LogP contribution in [0.15, 0.2) is 15.0 Å². The lowest BCUT2D eigenvalue weighted by Crippen LogP contribution is -2.26. The number of hydrogen-bond acceptors (Lipinski definition) is 4. The minimum atomic E-state index is -3.27. The van der Waals surface area contributed by atoms with Gasteiger partial charge in [0.1, 0.15) is 3.81 Å². The van der Waals surface area contributed by atoms with Crippen molar-refractivity contribution >= 4 is 30.8 Å². The number of nitrogens with one attached hydrogen (secondary N) is 1. The second-order valence-corrected chi connectivity index (χ2v) is 5.54. The highest BCUT2D eigenvalue weighted by molar-refractivity contribution is 9.14. The van der Waals surface area contributed by atoms with Crippen LogP contribution >= 0.6 is 15.9 Å². The molecule has 1 aliphatic heterocycles. The maximum atomic E-state index is 11.3. The van der Waals surface area contributed by atoms with E-state index in [0.717, 1.165) is 6.54 Å². The SMILES string of the molecule is CCNCC1=NC=C(Br)S1(=O)=O. The average Bonchev–Trinajstić information content (AvgIpc) is 2.25. The van der Waals surface area contributed by atoms with E-state index in [9.17, 15) is 8.42 Å². The first-order valence-corrected chi connectivity index (χ1v) is 5.74. The smallest absolute Gasteiger partial charge is 0.229 e. The average molecular weight is 253 g/mol. The minimum absolute atomic E-state index is 0.142. The molecule has 0 spiro atoms. The van der Waals surface area contributed by atoms with Gasteiger partial charge >= 0.3 is 0 Å². The Kier molecular flexibility index (Phi) is 3.03. The summed E-state index contributed by atoms with van der Waals surface area (Å²) in [6.45, 7) is 2.93. The Bertz CT molecular complexity index is 331. The molecule has 0 atom stereocenters. The second kappa shape index (κ2) is 3.68. The van der Waals surface area contributed by atoms with E-state index >= 15 is 0 Å². The summed E-state index contributed by atoms with van der Waals surface area (Å²) in [6, 6.07) is 0. The van der Waals surface area contributed by atoms with Crippen molar-refractivity contribution in [3.05, 3.63) is 10.0 Å². The molecule has 0 fully saturated rings. The molecule has 1 N–H and O–H groups in total. The Morgan fingerprint density at radius 2 is 2.33 bits per heavy atom. The summed E-state index contributed by atoms with van der Waals surface area (Å²) in [5.41, 5.74) is 0. The predicted octanol–water partition coefficient (Wildman–Crippen LogP) is 0.617. The first-order chi connectivity index (χ1) is 5.59.